The van der Waals surface area contributed by atoms with Crippen LogP contribution in [0.5, 0.6) is 0 Å². The summed E-state index contributed by atoms with van der Waals surface area (Å²) in [5, 5.41) is 0. The second-order valence-corrected chi connectivity index (χ2v) is 3.18. The van der Waals surface area contributed by atoms with Gasteiger partial charge in [-0.15, -0.1) is 0 Å². The predicted molar refractivity (Wildman–Crippen MR) is 52.7 cm³/mol. The van der Waals surface area contributed by atoms with Gasteiger partial charge in [0.25, 0.3) is 0 Å². The van der Waals surface area contributed by atoms with Gasteiger partial charge in [0.05, 0.1) is 0 Å². The maximum atomic E-state index is 2.35. The van der Waals surface area contributed by atoms with E-state index in [2.05, 4.69) is 32.9 Å². The van der Waals surface area contributed by atoms with Gasteiger partial charge in [0.1, 0.15) is 0 Å². The fourth-order valence-electron chi connectivity index (χ4n) is 1.20. The number of hydrogen-bond donors (Lipinski definition) is 0. The Hall–Kier alpha value is -0.260. The third-order valence-corrected chi connectivity index (χ3v) is 2.25. The van der Waals surface area contributed by atoms with Gasteiger partial charge in [-0.05, 0) is 18.8 Å². The molecule has 0 aromatic carbocycles. The molecule has 0 bridgehead atoms. The van der Waals surface area contributed by atoms with E-state index >= 15 is 0 Å². The molecule has 0 saturated heterocycles. The summed E-state index contributed by atoms with van der Waals surface area (Å²) in [5.41, 5.74) is 0. The van der Waals surface area contributed by atoms with E-state index in [9.17, 15) is 0 Å². The van der Waals surface area contributed by atoms with Crippen molar-refractivity contribution in [3.8, 4) is 0 Å². The fourth-order valence-corrected chi connectivity index (χ4v) is 1.20. The van der Waals surface area contributed by atoms with E-state index in [1.807, 2.05) is 0 Å². The van der Waals surface area contributed by atoms with Crippen molar-refractivity contribution < 1.29 is 0 Å². The monoisotopic (exact) mass is 154 g/mol. The van der Waals surface area contributed by atoms with Crippen LogP contribution in [0, 0.1) is 5.92 Å². The summed E-state index contributed by atoms with van der Waals surface area (Å²) >= 11 is 0. The molecule has 0 aromatic rings. The Morgan fingerprint density at radius 2 is 1.64 bits per heavy atom. The molecule has 0 unspecified atom stereocenters. The lowest BCUT2D eigenvalue weighted by Gasteiger charge is -2.07. The Bertz CT molecular complexity index is 88.2. The zero-order valence-corrected chi connectivity index (χ0v) is 8.27. The van der Waals surface area contributed by atoms with E-state index in [0.717, 1.165) is 5.92 Å². The molecule has 0 aliphatic carbocycles. The van der Waals surface area contributed by atoms with Crippen LogP contribution in [0.25, 0.3) is 0 Å². The summed E-state index contributed by atoms with van der Waals surface area (Å²) in [6, 6.07) is 0. The van der Waals surface area contributed by atoms with Crippen molar-refractivity contribution in [2.24, 2.45) is 5.92 Å². The van der Waals surface area contributed by atoms with Gasteiger partial charge in [0, 0.05) is 0 Å². The third-order valence-electron chi connectivity index (χ3n) is 2.25. The SMILES string of the molecule is CCC/C=C/CC(CC)CC. The van der Waals surface area contributed by atoms with Gasteiger partial charge in [0.2, 0.25) is 0 Å². The van der Waals surface area contributed by atoms with Gasteiger partial charge < -0.3 is 0 Å². The van der Waals surface area contributed by atoms with Crippen LogP contribution in [0.4, 0.5) is 0 Å². The topological polar surface area (TPSA) is 0 Å². The van der Waals surface area contributed by atoms with Gasteiger partial charge in [-0.25, -0.2) is 0 Å². The molecule has 0 aliphatic rings. The first kappa shape index (κ1) is 10.7. The summed E-state index contributed by atoms with van der Waals surface area (Å²) in [5.74, 6) is 0.920. The molecule has 0 rings (SSSR count). The minimum absolute atomic E-state index is 0.920. The van der Waals surface area contributed by atoms with Gasteiger partial charge in [-0.2, -0.15) is 0 Å². The van der Waals surface area contributed by atoms with Crippen molar-refractivity contribution in [2.45, 2.75) is 52.9 Å². The first-order valence-corrected chi connectivity index (χ1v) is 5.00. The van der Waals surface area contributed by atoms with E-state index in [1.165, 1.54) is 32.1 Å². The summed E-state index contributed by atoms with van der Waals surface area (Å²) in [7, 11) is 0. The maximum Gasteiger partial charge on any atom is -0.0322 e. The Morgan fingerprint density at radius 1 is 1.00 bits per heavy atom. The van der Waals surface area contributed by atoms with Crippen molar-refractivity contribution in [3.05, 3.63) is 12.2 Å². The first-order chi connectivity index (χ1) is 5.35. The minimum Gasteiger partial charge on any atom is -0.0885 e. The van der Waals surface area contributed by atoms with Crippen molar-refractivity contribution in [1.29, 1.82) is 0 Å². The van der Waals surface area contributed by atoms with Crippen LogP contribution < -0.4 is 0 Å². The third kappa shape index (κ3) is 6.15. The Labute approximate surface area is 71.7 Å². The molecule has 0 fully saturated rings. The largest absolute Gasteiger partial charge is 0.0885 e. The lowest BCUT2D eigenvalue weighted by molar-refractivity contribution is 0.499. The molecule has 0 spiro atoms. The van der Waals surface area contributed by atoms with Crippen molar-refractivity contribution in [3.63, 3.8) is 0 Å². The summed E-state index contributed by atoms with van der Waals surface area (Å²) in [4.78, 5) is 0. The lowest BCUT2D eigenvalue weighted by atomic mass is 9.99. The Morgan fingerprint density at radius 3 is 2.09 bits per heavy atom. The van der Waals surface area contributed by atoms with E-state index in [4.69, 9.17) is 0 Å². The molecule has 0 saturated carbocycles. The number of allylic oxidation sites excluding steroid dienone is 2. The fraction of sp³-hybridized carbons (Fsp3) is 0.818. The smallest absolute Gasteiger partial charge is 0.0322 e. The van der Waals surface area contributed by atoms with Gasteiger partial charge in [-0.3, -0.25) is 0 Å². The second-order valence-electron chi connectivity index (χ2n) is 3.18. The molecule has 0 aliphatic heterocycles. The molecule has 0 N–H and O–H groups in total. The summed E-state index contributed by atoms with van der Waals surface area (Å²) in [6.07, 6.45) is 11.1. The van der Waals surface area contributed by atoms with E-state index in [1.54, 1.807) is 0 Å². The Kier molecular flexibility index (Phi) is 7.66. The van der Waals surface area contributed by atoms with Gasteiger partial charge in [0.15, 0.2) is 0 Å². The minimum atomic E-state index is 0.920. The number of rotatable bonds is 6. The molecule has 0 radical (unpaired) electrons. The molecule has 0 nitrogen and oxygen atoms in total. The zero-order valence-electron chi connectivity index (χ0n) is 8.27. The highest BCUT2D eigenvalue weighted by molar-refractivity contribution is 4.83. The summed E-state index contributed by atoms with van der Waals surface area (Å²) in [6.45, 7) is 6.78. The predicted octanol–water partition coefficient (Wildman–Crippen LogP) is 4.17. The average molecular weight is 154 g/mol. The van der Waals surface area contributed by atoms with Crippen LogP contribution in [0.15, 0.2) is 12.2 Å². The van der Waals surface area contributed by atoms with Gasteiger partial charge >= 0.3 is 0 Å². The molecule has 0 aromatic heterocycles. The highest BCUT2D eigenvalue weighted by atomic mass is 14.0. The number of unbranched alkanes of at least 4 members (excludes halogenated alkanes) is 1. The average Bonchev–Trinajstić information content (AvgIpc) is 2.05. The second kappa shape index (κ2) is 7.84. The molecule has 0 amide bonds. The molecule has 0 atom stereocenters. The standard InChI is InChI=1S/C11H22/c1-4-7-8-9-10-11(5-2)6-3/h8-9,11H,4-7,10H2,1-3H3/b9-8+. The molecule has 11 heavy (non-hydrogen) atoms. The molecular weight excluding hydrogens is 132 g/mol. The normalized spacial score (nSPS) is 11.6. The first-order valence-electron chi connectivity index (χ1n) is 5.00. The van der Waals surface area contributed by atoms with Crippen LogP contribution in [-0.4, -0.2) is 0 Å². The van der Waals surface area contributed by atoms with E-state index < -0.39 is 0 Å². The van der Waals surface area contributed by atoms with Crippen LogP contribution in [0.2, 0.25) is 0 Å². The quantitative estimate of drug-likeness (QED) is 0.504. The molecular formula is C11H22. The Balaban J connectivity index is 3.33. The van der Waals surface area contributed by atoms with Crippen molar-refractivity contribution >= 4 is 0 Å². The van der Waals surface area contributed by atoms with Crippen molar-refractivity contribution in [2.75, 3.05) is 0 Å². The van der Waals surface area contributed by atoms with Crippen LogP contribution in [0.3, 0.4) is 0 Å². The number of hydrogen-bond acceptors (Lipinski definition) is 0. The van der Waals surface area contributed by atoms with Crippen LogP contribution >= 0.6 is 0 Å². The van der Waals surface area contributed by atoms with E-state index in [0.29, 0.717) is 0 Å². The summed E-state index contributed by atoms with van der Waals surface area (Å²) < 4.78 is 0. The molecule has 66 valence electrons. The highest BCUT2D eigenvalue weighted by Crippen LogP contribution is 2.12. The van der Waals surface area contributed by atoms with Gasteiger partial charge in [-0.1, -0.05) is 52.2 Å². The lowest BCUT2D eigenvalue weighted by Crippen LogP contribution is -1.93. The zero-order chi connectivity index (χ0) is 8.53. The van der Waals surface area contributed by atoms with Crippen LogP contribution in [-0.2, 0) is 0 Å². The molecule has 0 heterocycles. The van der Waals surface area contributed by atoms with E-state index in [-0.39, 0.29) is 0 Å². The van der Waals surface area contributed by atoms with Crippen molar-refractivity contribution in [1.82, 2.24) is 0 Å². The highest BCUT2D eigenvalue weighted by Gasteiger charge is 1.98. The molecule has 0 heteroatoms. The maximum absolute atomic E-state index is 2.35. The van der Waals surface area contributed by atoms with Crippen LogP contribution in [0.1, 0.15) is 52.9 Å².